The summed E-state index contributed by atoms with van der Waals surface area (Å²) in [6.45, 7) is 1.15. The lowest BCUT2D eigenvalue weighted by Crippen LogP contribution is -2.40. The predicted molar refractivity (Wildman–Crippen MR) is 114 cm³/mol. The number of rotatable bonds is 4. The zero-order chi connectivity index (χ0) is 20.7. The van der Waals surface area contributed by atoms with Gasteiger partial charge in [0.15, 0.2) is 0 Å². The Bertz CT molecular complexity index is 1170. The third-order valence-corrected chi connectivity index (χ3v) is 5.87. The summed E-state index contributed by atoms with van der Waals surface area (Å²) in [7, 11) is 0. The molecule has 2 aliphatic rings. The summed E-state index contributed by atoms with van der Waals surface area (Å²) in [4.78, 5) is 39.4. The molecule has 1 atom stereocenters. The number of benzene rings is 2. The van der Waals surface area contributed by atoms with E-state index in [9.17, 15) is 14.4 Å². The molecule has 7 heteroatoms. The van der Waals surface area contributed by atoms with Crippen molar-refractivity contribution in [3.8, 4) is 0 Å². The molecule has 0 bridgehead atoms. The van der Waals surface area contributed by atoms with E-state index in [1.807, 2.05) is 36.5 Å². The summed E-state index contributed by atoms with van der Waals surface area (Å²) in [6, 6.07) is 14.7. The van der Waals surface area contributed by atoms with Crippen LogP contribution in [-0.4, -0.2) is 39.8 Å². The van der Waals surface area contributed by atoms with Crippen LogP contribution in [0.2, 0.25) is 0 Å². The molecule has 0 unspecified atom stereocenters. The maximum atomic E-state index is 12.9. The number of anilines is 2. The van der Waals surface area contributed by atoms with Crippen molar-refractivity contribution in [2.24, 2.45) is 0 Å². The van der Waals surface area contributed by atoms with E-state index in [4.69, 9.17) is 0 Å². The zero-order valence-corrected chi connectivity index (χ0v) is 16.4. The molecule has 7 nitrogen and oxygen atoms in total. The van der Waals surface area contributed by atoms with Crippen molar-refractivity contribution >= 4 is 40.0 Å². The molecule has 1 aromatic heterocycles. The zero-order valence-electron chi connectivity index (χ0n) is 16.4. The number of carbonyl (C=O) groups excluding carboxylic acids is 3. The normalized spacial score (nSPS) is 18.0. The smallest absolute Gasteiger partial charge is 0.256 e. The lowest BCUT2D eigenvalue weighted by atomic mass is 10.1. The second-order valence-electron chi connectivity index (χ2n) is 7.77. The maximum Gasteiger partial charge on any atom is 0.256 e. The van der Waals surface area contributed by atoms with Crippen LogP contribution in [0.5, 0.6) is 0 Å². The number of nitrogens with one attached hydrogen (secondary N) is 2. The lowest BCUT2D eigenvalue weighted by molar-refractivity contribution is -0.119. The highest BCUT2D eigenvalue weighted by Gasteiger charge is 2.38. The number of hydrogen-bond acceptors (Lipinski definition) is 3. The largest absolute Gasteiger partial charge is 0.347 e. The number of nitrogens with zero attached hydrogens (tertiary/aromatic N) is 2. The van der Waals surface area contributed by atoms with E-state index in [2.05, 4.69) is 15.2 Å². The molecule has 30 heavy (non-hydrogen) atoms. The molecule has 1 saturated heterocycles. The Balaban J connectivity index is 1.30. The van der Waals surface area contributed by atoms with Gasteiger partial charge in [-0.15, -0.1) is 0 Å². The average Bonchev–Trinajstić information content (AvgIpc) is 3.38. The van der Waals surface area contributed by atoms with E-state index >= 15 is 0 Å². The lowest BCUT2D eigenvalue weighted by Gasteiger charge is -2.20. The van der Waals surface area contributed by atoms with Crippen molar-refractivity contribution in [1.29, 1.82) is 0 Å². The molecule has 3 heterocycles. The number of para-hydroxylation sites is 1. The van der Waals surface area contributed by atoms with Crippen molar-refractivity contribution in [2.75, 3.05) is 17.2 Å². The van der Waals surface area contributed by atoms with Gasteiger partial charge in [-0.25, -0.2) is 0 Å². The molecule has 1 fully saturated rings. The first-order valence-electron chi connectivity index (χ1n) is 10.2. The molecule has 2 aliphatic heterocycles. The maximum absolute atomic E-state index is 12.9. The third-order valence-electron chi connectivity index (χ3n) is 5.87. The summed E-state index contributed by atoms with van der Waals surface area (Å²) >= 11 is 0. The van der Waals surface area contributed by atoms with Crippen LogP contribution >= 0.6 is 0 Å². The monoisotopic (exact) mass is 402 g/mol. The van der Waals surface area contributed by atoms with Crippen LogP contribution in [-0.2, 0) is 16.1 Å². The van der Waals surface area contributed by atoms with E-state index < -0.39 is 6.04 Å². The Labute approximate surface area is 173 Å². The average molecular weight is 402 g/mol. The van der Waals surface area contributed by atoms with Crippen LogP contribution < -0.4 is 10.6 Å². The molecular formula is C23H22N4O3. The van der Waals surface area contributed by atoms with Gasteiger partial charge < -0.3 is 20.1 Å². The Morgan fingerprint density at radius 2 is 2.00 bits per heavy atom. The summed E-state index contributed by atoms with van der Waals surface area (Å²) in [6.07, 6.45) is 3.80. The number of carbonyl (C=O) groups is 3. The number of amides is 3. The van der Waals surface area contributed by atoms with Gasteiger partial charge in [0, 0.05) is 36.9 Å². The Hall–Kier alpha value is -3.61. The van der Waals surface area contributed by atoms with Crippen LogP contribution in [0.1, 0.15) is 29.6 Å². The fourth-order valence-corrected chi connectivity index (χ4v) is 4.34. The summed E-state index contributed by atoms with van der Waals surface area (Å²) < 4.78 is 2.05. The van der Waals surface area contributed by atoms with E-state index in [1.165, 1.54) is 0 Å². The highest BCUT2D eigenvalue weighted by molar-refractivity contribution is 6.11. The van der Waals surface area contributed by atoms with Crippen LogP contribution in [0.3, 0.4) is 0 Å². The van der Waals surface area contributed by atoms with Gasteiger partial charge in [0.25, 0.3) is 5.91 Å². The molecule has 0 radical (unpaired) electrons. The summed E-state index contributed by atoms with van der Waals surface area (Å²) in [5.74, 6) is -0.437. The number of fused-ring (bicyclic) bond motifs is 3. The van der Waals surface area contributed by atoms with Gasteiger partial charge >= 0.3 is 0 Å². The van der Waals surface area contributed by atoms with Gasteiger partial charge in [0.1, 0.15) is 6.04 Å². The highest BCUT2D eigenvalue weighted by Crippen LogP contribution is 2.30. The van der Waals surface area contributed by atoms with Crippen molar-refractivity contribution < 1.29 is 14.4 Å². The van der Waals surface area contributed by atoms with E-state index in [-0.39, 0.29) is 17.7 Å². The molecule has 3 aromatic rings. The van der Waals surface area contributed by atoms with Gasteiger partial charge in [0.05, 0.1) is 11.3 Å². The van der Waals surface area contributed by atoms with Crippen molar-refractivity contribution in [3.05, 3.63) is 60.3 Å². The Morgan fingerprint density at radius 1 is 1.13 bits per heavy atom. The first kappa shape index (κ1) is 18.4. The van der Waals surface area contributed by atoms with Crippen LogP contribution in [0.25, 0.3) is 10.9 Å². The Kier molecular flexibility index (Phi) is 4.50. The first-order chi connectivity index (χ1) is 14.6. The molecule has 0 saturated carbocycles. The Morgan fingerprint density at radius 3 is 2.90 bits per heavy atom. The van der Waals surface area contributed by atoms with E-state index in [0.717, 1.165) is 17.3 Å². The van der Waals surface area contributed by atoms with Gasteiger partial charge in [-0.05, 0) is 48.6 Å². The molecule has 0 spiro atoms. The van der Waals surface area contributed by atoms with Crippen LogP contribution in [0.15, 0.2) is 54.7 Å². The molecule has 5 rings (SSSR count). The number of aryl methyl sites for hydroxylation is 1. The van der Waals surface area contributed by atoms with Crippen LogP contribution in [0, 0.1) is 0 Å². The molecule has 0 aliphatic carbocycles. The van der Waals surface area contributed by atoms with Gasteiger partial charge in [0.2, 0.25) is 11.8 Å². The summed E-state index contributed by atoms with van der Waals surface area (Å²) in [5, 5.41) is 6.87. The SMILES string of the molecule is O=C(CCn1ccc2ccccc21)Nc1ccc2c(c1)C(=O)N1CCC[C@H]1C(=O)N2. The second kappa shape index (κ2) is 7.33. The molecular weight excluding hydrogens is 380 g/mol. The fraction of sp³-hybridized carbons (Fsp3) is 0.261. The standard InChI is InChI=1S/C23H22N4O3/c28-21(10-13-26-12-9-15-4-1-2-5-19(15)26)24-16-7-8-18-17(14-16)23(30)27-11-3-6-20(27)22(29)25-18/h1-2,4-5,7-9,12,14,20H,3,6,10-11,13H2,(H,24,28)(H,25,29)/t20-/m0/s1. The quantitative estimate of drug-likeness (QED) is 0.703. The van der Waals surface area contributed by atoms with E-state index in [1.54, 1.807) is 23.1 Å². The first-order valence-corrected chi connectivity index (χ1v) is 10.2. The van der Waals surface area contributed by atoms with Crippen molar-refractivity contribution in [2.45, 2.75) is 31.8 Å². The second-order valence-corrected chi connectivity index (χ2v) is 7.77. The minimum Gasteiger partial charge on any atom is -0.347 e. The van der Waals surface area contributed by atoms with Crippen LogP contribution in [0.4, 0.5) is 11.4 Å². The van der Waals surface area contributed by atoms with Gasteiger partial charge in [-0.1, -0.05) is 18.2 Å². The molecule has 3 amide bonds. The molecule has 2 N–H and O–H groups in total. The highest BCUT2D eigenvalue weighted by atomic mass is 16.2. The van der Waals surface area contributed by atoms with Crippen molar-refractivity contribution in [1.82, 2.24) is 9.47 Å². The topological polar surface area (TPSA) is 83.4 Å². The van der Waals surface area contributed by atoms with Gasteiger partial charge in [-0.3, -0.25) is 14.4 Å². The minimum atomic E-state index is -0.403. The molecule has 152 valence electrons. The van der Waals surface area contributed by atoms with Crippen molar-refractivity contribution in [3.63, 3.8) is 0 Å². The number of aromatic nitrogens is 1. The number of hydrogen-bond donors (Lipinski definition) is 2. The van der Waals surface area contributed by atoms with E-state index in [0.29, 0.717) is 42.9 Å². The summed E-state index contributed by atoms with van der Waals surface area (Å²) in [5.41, 5.74) is 2.56. The predicted octanol–water partition coefficient (Wildman–Crippen LogP) is 3.23. The van der Waals surface area contributed by atoms with Gasteiger partial charge in [-0.2, -0.15) is 0 Å². The minimum absolute atomic E-state index is 0.128. The fourth-order valence-electron chi connectivity index (χ4n) is 4.34. The third kappa shape index (κ3) is 3.22. The molecule has 2 aromatic carbocycles.